The van der Waals surface area contributed by atoms with Gasteiger partial charge in [-0.1, -0.05) is 26.0 Å². The van der Waals surface area contributed by atoms with Crippen LogP contribution >= 0.6 is 0 Å². The Kier molecular flexibility index (Phi) is 8.35. The van der Waals surface area contributed by atoms with Crippen molar-refractivity contribution >= 4 is 29.9 Å². The minimum Gasteiger partial charge on any atom is -0.456 e. The van der Waals surface area contributed by atoms with Crippen LogP contribution in [-0.2, 0) is 31.1 Å². The number of halogens is 1. The number of ether oxygens (including phenoxy) is 2. The first-order valence-electron chi connectivity index (χ1n) is 12.3. The Balaban J connectivity index is 1.63. The number of rotatable bonds is 10. The van der Waals surface area contributed by atoms with Gasteiger partial charge >= 0.3 is 5.97 Å². The predicted molar refractivity (Wildman–Crippen MR) is 138 cm³/mol. The van der Waals surface area contributed by atoms with Crippen LogP contribution in [0.4, 0.5) is 10.2 Å². The van der Waals surface area contributed by atoms with E-state index in [0.717, 1.165) is 0 Å². The first-order valence-corrected chi connectivity index (χ1v) is 12.3. The number of esters is 1. The number of nitrogens with one attached hydrogen (secondary N) is 1. The van der Waals surface area contributed by atoms with Gasteiger partial charge in [-0.15, -0.1) is 0 Å². The SMILES string of the molecule is C=NC[C@@]1(c2ccc3c(NC(=O)[C@@H](N)Cc4ccc(F)cc4)ncnn23)O[C@H](CO)[C@@H](OC(=O)C(C)C)[C@H]1O. The van der Waals surface area contributed by atoms with Crippen molar-refractivity contribution in [1.82, 2.24) is 14.6 Å². The summed E-state index contributed by atoms with van der Waals surface area (Å²) in [5.74, 6) is -1.80. The first kappa shape index (κ1) is 28.2. The number of anilines is 1. The van der Waals surface area contributed by atoms with E-state index in [4.69, 9.17) is 15.2 Å². The molecule has 0 spiro atoms. The van der Waals surface area contributed by atoms with E-state index < -0.39 is 54.4 Å². The lowest BCUT2D eigenvalue weighted by Gasteiger charge is -2.30. The molecule has 4 rings (SSSR count). The summed E-state index contributed by atoms with van der Waals surface area (Å²) in [7, 11) is 0. The number of fused-ring (bicyclic) bond motifs is 1. The summed E-state index contributed by atoms with van der Waals surface area (Å²) in [4.78, 5) is 33.3. The molecule has 1 saturated heterocycles. The molecule has 3 aromatic rings. The number of benzene rings is 1. The molecule has 0 unspecified atom stereocenters. The summed E-state index contributed by atoms with van der Waals surface area (Å²) in [5.41, 5.74) is 5.85. The molecule has 12 nitrogen and oxygen atoms in total. The van der Waals surface area contributed by atoms with Crippen LogP contribution in [0.15, 0.2) is 47.7 Å². The van der Waals surface area contributed by atoms with Gasteiger partial charge in [-0.3, -0.25) is 14.6 Å². The third-order valence-electron chi connectivity index (χ3n) is 6.60. The average Bonchev–Trinajstić information content (AvgIpc) is 3.46. The van der Waals surface area contributed by atoms with Gasteiger partial charge in [0.1, 0.15) is 29.9 Å². The molecule has 208 valence electrons. The highest BCUT2D eigenvalue weighted by Crippen LogP contribution is 2.42. The zero-order chi connectivity index (χ0) is 28.3. The number of hydrogen-bond acceptors (Lipinski definition) is 10. The Bertz CT molecular complexity index is 1350. The number of aromatic nitrogens is 3. The maximum absolute atomic E-state index is 13.2. The van der Waals surface area contributed by atoms with E-state index in [0.29, 0.717) is 16.8 Å². The van der Waals surface area contributed by atoms with Crippen molar-refractivity contribution in [2.24, 2.45) is 16.6 Å². The fourth-order valence-corrected chi connectivity index (χ4v) is 4.54. The molecular formula is C26H31FN6O6. The molecule has 0 radical (unpaired) electrons. The lowest BCUT2D eigenvalue weighted by Crippen LogP contribution is -2.46. The molecule has 1 aliphatic rings. The van der Waals surface area contributed by atoms with Crippen molar-refractivity contribution in [2.75, 3.05) is 18.5 Å². The number of amides is 1. The topological polar surface area (TPSA) is 174 Å². The second-order valence-electron chi connectivity index (χ2n) is 9.66. The number of aliphatic hydroxyl groups is 2. The van der Waals surface area contributed by atoms with E-state index in [9.17, 15) is 24.2 Å². The number of nitrogens with two attached hydrogens (primary N) is 1. The van der Waals surface area contributed by atoms with Crippen LogP contribution in [-0.4, -0.2) is 80.9 Å². The molecule has 13 heteroatoms. The second-order valence-corrected chi connectivity index (χ2v) is 9.66. The maximum atomic E-state index is 13.2. The largest absolute Gasteiger partial charge is 0.456 e. The number of carbonyl (C=O) groups is 2. The monoisotopic (exact) mass is 542 g/mol. The van der Waals surface area contributed by atoms with Gasteiger partial charge in [0.05, 0.1) is 30.8 Å². The molecule has 3 heterocycles. The Labute approximate surface area is 223 Å². The molecule has 1 amide bonds. The molecule has 1 aromatic carbocycles. The van der Waals surface area contributed by atoms with Gasteiger partial charge in [0.2, 0.25) is 5.91 Å². The molecule has 1 fully saturated rings. The van der Waals surface area contributed by atoms with E-state index in [2.05, 4.69) is 27.1 Å². The summed E-state index contributed by atoms with van der Waals surface area (Å²) >= 11 is 0. The van der Waals surface area contributed by atoms with Crippen molar-refractivity contribution in [3.05, 3.63) is 59.8 Å². The normalized spacial score (nSPS) is 23.6. The van der Waals surface area contributed by atoms with Gasteiger partial charge < -0.3 is 30.7 Å². The van der Waals surface area contributed by atoms with Gasteiger partial charge in [-0.2, -0.15) is 5.10 Å². The average molecular weight is 543 g/mol. The van der Waals surface area contributed by atoms with E-state index >= 15 is 0 Å². The minimum absolute atomic E-state index is 0.145. The van der Waals surface area contributed by atoms with Crippen molar-refractivity contribution in [1.29, 1.82) is 0 Å². The standard InChI is InChI=1S/C26H31FN6O6/c1-14(2)25(37)38-21-19(11-34)39-26(12-29-3,22(21)35)20-9-8-18-23(30-13-31-33(18)20)32-24(36)17(28)10-15-4-6-16(27)7-5-15/h4-9,13-14,17,19,21-22,34-35H,3,10-12,28H2,1-2H3,(H,30,31,32,36)/t17-,19+,21+,22+,26-/m0/s1. The summed E-state index contributed by atoms with van der Waals surface area (Å²) < 4.78 is 26.2. The highest BCUT2D eigenvalue weighted by Gasteiger charge is 2.58. The molecule has 0 bridgehead atoms. The Morgan fingerprint density at radius 1 is 1.31 bits per heavy atom. The summed E-state index contributed by atoms with van der Waals surface area (Å²) in [6, 6.07) is 7.95. The predicted octanol–water partition coefficient (Wildman–Crippen LogP) is 0.593. The lowest BCUT2D eigenvalue weighted by molar-refractivity contribution is -0.160. The van der Waals surface area contributed by atoms with Crippen LogP contribution in [0.3, 0.4) is 0 Å². The van der Waals surface area contributed by atoms with Crippen LogP contribution < -0.4 is 11.1 Å². The number of aliphatic imine (C=N–C) groups is 1. The third-order valence-corrected chi connectivity index (χ3v) is 6.60. The zero-order valence-electron chi connectivity index (χ0n) is 21.5. The van der Waals surface area contributed by atoms with Gasteiger partial charge in [0.25, 0.3) is 0 Å². The van der Waals surface area contributed by atoms with E-state index in [-0.39, 0.29) is 24.6 Å². The van der Waals surface area contributed by atoms with Gasteiger partial charge in [-0.25, -0.2) is 13.9 Å². The van der Waals surface area contributed by atoms with Crippen molar-refractivity contribution in [3.8, 4) is 0 Å². The van der Waals surface area contributed by atoms with Crippen LogP contribution in [0.1, 0.15) is 25.1 Å². The maximum Gasteiger partial charge on any atom is 0.308 e. The smallest absolute Gasteiger partial charge is 0.308 e. The Hall–Kier alpha value is -3.78. The number of nitrogens with zero attached hydrogens (tertiary/aromatic N) is 4. The summed E-state index contributed by atoms with van der Waals surface area (Å²) in [5, 5.41) is 28.3. The van der Waals surface area contributed by atoms with E-state index in [1.165, 1.54) is 23.0 Å². The van der Waals surface area contributed by atoms with Crippen LogP contribution in [0, 0.1) is 11.7 Å². The zero-order valence-corrected chi connectivity index (χ0v) is 21.5. The molecule has 39 heavy (non-hydrogen) atoms. The van der Waals surface area contributed by atoms with Gasteiger partial charge in [0, 0.05) is 0 Å². The quantitative estimate of drug-likeness (QED) is 0.211. The van der Waals surface area contributed by atoms with Crippen LogP contribution in [0.5, 0.6) is 0 Å². The molecule has 5 N–H and O–H groups in total. The Morgan fingerprint density at radius 2 is 2.03 bits per heavy atom. The highest BCUT2D eigenvalue weighted by atomic mass is 19.1. The minimum atomic E-state index is -1.59. The number of aliphatic hydroxyl groups excluding tert-OH is 2. The fraction of sp³-hybridized carbons (Fsp3) is 0.423. The fourth-order valence-electron chi connectivity index (χ4n) is 4.54. The molecular weight excluding hydrogens is 511 g/mol. The van der Waals surface area contributed by atoms with Crippen LogP contribution in [0.25, 0.3) is 5.52 Å². The van der Waals surface area contributed by atoms with Crippen molar-refractivity contribution in [2.45, 2.75) is 50.2 Å². The number of carbonyl (C=O) groups excluding carboxylic acids is 2. The summed E-state index contributed by atoms with van der Waals surface area (Å²) in [6.45, 7) is 6.14. The molecule has 0 aliphatic carbocycles. The number of hydrogen-bond donors (Lipinski definition) is 4. The van der Waals surface area contributed by atoms with Crippen LogP contribution in [0.2, 0.25) is 0 Å². The Morgan fingerprint density at radius 3 is 2.67 bits per heavy atom. The highest BCUT2D eigenvalue weighted by molar-refractivity contribution is 5.97. The van der Waals surface area contributed by atoms with Gasteiger partial charge in [-0.05, 0) is 43.0 Å². The van der Waals surface area contributed by atoms with E-state index in [1.54, 1.807) is 38.1 Å². The molecule has 1 aliphatic heterocycles. The molecule has 5 atom stereocenters. The summed E-state index contributed by atoms with van der Waals surface area (Å²) in [6.07, 6.45) is -2.28. The van der Waals surface area contributed by atoms with E-state index in [1.807, 2.05) is 0 Å². The molecule has 2 aromatic heterocycles. The lowest BCUT2D eigenvalue weighted by atomic mass is 9.91. The first-order chi connectivity index (χ1) is 18.6. The molecule has 0 saturated carbocycles. The van der Waals surface area contributed by atoms with Gasteiger partial charge in [0.15, 0.2) is 17.5 Å². The van der Waals surface area contributed by atoms with Crippen molar-refractivity contribution in [3.63, 3.8) is 0 Å². The second kappa shape index (κ2) is 11.5. The van der Waals surface area contributed by atoms with Crippen molar-refractivity contribution < 1.29 is 33.7 Å². The third kappa shape index (κ3) is 5.52.